The molecule has 0 aliphatic heterocycles. The molecule has 0 aromatic heterocycles. The van der Waals surface area contributed by atoms with Crippen LogP contribution in [0.3, 0.4) is 0 Å². The SMILES string of the molecule is CC(/C=C(\O)c1ccccc1)=NCC1CCCCC1.[Cl][Zr][Cl]. The Kier molecular flexibility index (Phi) is 11.2. The molecule has 1 aliphatic rings. The summed E-state index contributed by atoms with van der Waals surface area (Å²) in [5, 5.41) is 10.0. The Morgan fingerprint density at radius 1 is 1.23 bits per heavy atom. The number of benzene rings is 1. The van der Waals surface area contributed by atoms with Gasteiger partial charge in [-0.25, -0.2) is 0 Å². The van der Waals surface area contributed by atoms with Crippen LogP contribution in [-0.4, -0.2) is 17.4 Å². The minimum atomic E-state index is -0.826. The molecule has 2 nitrogen and oxygen atoms in total. The van der Waals surface area contributed by atoms with Crippen molar-refractivity contribution in [2.24, 2.45) is 10.9 Å². The predicted molar refractivity (Wildman–Crippen MR) is 93.3 cm³/mol. The number of nitrogens with zero attached hydrogens (tertiary/aromatic N) is 1. The summed E-state index contributed by atoms with van der Waals surface area (Å²) in [7, 11) is 9.87. The summed E-state index contributed by atoms with van der Waals surface area (Å²) < 4.78 is 0. The Morgan fingerprint density at radius 3 is 2.41 bits per heavy atom. The molecule has 0 spiro atoms. The molecule has 0 unspecified atom stereocenters. The maximum absolute atomic E-state index is 10.0. The van der Waals surface area contributed by atoms with Gasteiger partial charge in [0.05, 0.1) is 0 Å². The summed E-state index contributed by atoms with van der Waals surface area (Å²) in [6.07, 6.45) is 8.47. The number of hydrogen-bond acceptors (Lipinski definition) is 2. The van der Waals surface area contributed by atoms with Gasteiger partial charge in [0.2, 0.25) is 0 Å². The molecule has 0 amide bonds. The Balaban J connectivity index is 0.000000745. The minimum absolute atomic E-state index is 0.297. The fraction of sp³-hybridized carbons (Fsp3) is 0.471. The molecule has 0 atom stereocenters. The van der Waals surface area contributed by atoms with E-state index < -0.39 is 20.8 Å². The Labute approximate surface area is 152 Å². The van der Waals surface area contributed by atoms with E-state index in [4.69, 9.17) is 17.0 Å². The van der Waals surface area contributed by atoms with Gasteiger partial charge in [-0.3, -0.25) is 4.99 Å². The third-order valence-electron chi connectivity index (χ3n) is 3.74. The molecule has 2 rings (SSSR count). The van der Waals surface area contributed by atoms with E-state index in [1.165, 1.54) is 32.1 Å². The number of aliphatic hydroxyl groups is 1. The fourth-order valence-corrected chi connectivity index (χ4v) is 2.58. The predicted octanol–water partition coefficient (Wildman–Crippen LogP) is 6.00. The molecule has 1 fully saturated rings. The second-order valence-electron chi connectivity index (χ2n) is 5.45. The summed E-state index contributed by atoms with van der Waals surface area (Å²) in [5.41, 5.74) is 1.75. The summed E-state index contributed by atoms with van der Waals surface area (Å²) in [4.78, 5) is 4.59. The van der Waals surface area contributed by atoms with Crippen LogP contribution in [0.15, 0.2) is 41.4 Å². The van der Waals surface area contributed by atoms with Crippen molar-refractivity contribution in [1.29, 1.82) is 0 Å². The summed E-state index contributed by atoms with van der Waals surface area (Å²) in [5.74, 6) is 1.04. The second-order valence-corrected chi connectivity index (χ2v) is 9.18. The van der Waals surface area contributed by atoms with Crippen molar-refractivity contribution in [3.63, 3.8) is 0 Å². The Hall–Kier alpha value is -0.107. The first kappa shape index (κ1) is 19.9. The third kappa shape index (κ3) is 8.51. The van der Waals surface area contributed by atoms with Gasteiger partial charge in [-0.05, 0) is 25.7 Å². The van der Waals surface area contributed by atoms with Gasteiger partial charge in [0, 0.05) is 23.9 Å². The van der Waals surface area contributed by atoms with Gasteiger partial charge in [-0.15, -0.1) is 0 Å². The van der Waals surface area contributed by atoms with Crippen molar-refractivity contribution in [2.75, 3.05) is 6.54 Å². The molecular formula is C17H23Cl2NOZr. The molecule has 0 radical (unpaired) electrons. The number of rotatable bonds is 4. The molecule has 5 heteroatoms. The normalized spacial score (nSPS) is 16.7. The zero-order valence-corrected chi connectivity index (χ0v) is 16.9. The zero-order valence-electron chi connectivity index (χ0n) is 12.9. The van der Waals surface area contributed by atoms with Gasteiger partial charge in [0.15, 0.2) is 0 Å². The van der Waals surface area contributed by atoms with Crippen molar-refractivity contribution >= 4 is 28.5 Å². The molecule has 1 aromatic carbocycles. The van der Waals surface area contributed by atoms with Gasteiger partial charge in [-0.1, -0.05) is 49.6 Å². The molecule has 1 aliphatic carbocycles. The van der Waals surface area contributed by atoms with Crippen molar-refractivity contribution in [3.05, 3.63) is 42.0 Å². The van der Waals surface area contributed by atoms with E-state index in [1.807, 2.05) is 37.3 Å². The monoisotopic (exact) mass is 417 g/mol. The Bertz CT molecular complexity index is 471. The molecule has 1 saturated carbocycles. The number of hydrogen-bond donors (Lipinski definition) is 1. The second kappa shape index (κ2) is 12.3. The van der Waals surface area contributed by atoms with Crippen LogP contribution in [0.5, 0.6) is 0 Å². The van der Waals surface area contributed by atoms with Crippen LogP contribution in [0.2, 0.25) is 0 Å². The zero-order chi connectivity index (χ0) is 16.2. The number of allylic oxidation sites excluding steroid dienone is 1. The van der Waals surface area contributed by atoms with Crippen molar-refractivity contribution in [3.8, 4) is 0 Å². The number of aliphatic imine (C=N–C) groups is 1. The van der Waals surface area contributed by atoms with E-state index in [-0.39, 0.29) is 0 Å². The first-order valence-corrected chi connectivity index (χ1v) is 13.9. The van der Waals surface area contributed by atoms with Crippen LogP contribution >= 0.6 is 17.0 Å². The third-order valence-corrected chi connectivity index (χ3v) is 3.74. The quantitative estimate of drug-likeness (QED) is 0.471. The molecule has 1 N–H and O–H groups in total. The molecule has 0 heterocycles. The average molecular weight is 420 g/mol. The first-order chi connectivity index (χ1) is 10.7. The molecule has 120 valence electrons. The number of aliphatic hydroxyl groups excluding tert-OH is 1. The summed E-state index contributed by atoms with van der Waals surface area (Å²) in [6.45, 7) is 2.87. The maximum atomic E-state index is 10.0. The van der Waals surface area contributed by atoms with Gasteiger partial charge < -0.3 is 5.11 Å². The summed E-state index contributed by atoms with van der Waals surface area (Å²) in [6, 6.07) is 9.60. The van der Waals surface area contributed by atoms with Crippen LogP contribution in [0.4, 0.5) is 0 Å². The Morgan fingerprint density at radius 2 is 1.82 bits per heavy atom. The van der Waals surface area contributed by atoms with Gasteiger partial charge in [-0.2, -0.15) is 0 Å². The standard InChI is InChI=1S/C17H23NO.2ClH.Zr/c1-14(18-13-15-8-4-2-5-9-15)12-17(19)16-10-6-3-7-11-16;;;/h3,6-7,10-12,15,19H,2,4-5,8-9,13H2,1H3;2*1H;/q;;;+2/p-2/b17-12-,18-14?;;;. The van der Waals surface area contributed by atoms with Crippen LogP contribution in [0, 0.1) is 5.92 Å². The van der Waals surface area contributed by atoms with E-state index in [1.54, 1.807) is 6.08 Å². The average Bonchev–Trinajstić information content (AvgIpc) is 2.55. The molecule has 0 saturated heterocycles. The topological polar surface area (TPSA) is 32.6 Å². The fourth-order valence-electron chi connectivity index (χ4n) is 2.58. The molecule has 0 bridgehead atoms. The van der Waals surface area contributed by atoms with Crippen LogP contribution in [0.1, 0.15) is 44.6 Å². The van der Waals surface area contributed by atoms with E-state index >= 15 is 0 Å². The van der Waals surface area contributed by atoms with Crippen molar-refractivity contribution in [1.82, 2.24) is 0 Å². The van der Waals surface area contributed by atoms with Gasteiger partial charge in [0.1, 0.15) is 5.76 Å². The van der Waals surface area contributed by atoms with Crippen LogP contribution < -0.4 is 0 Å². The van der Waals surface area contributed by atoms with E-state index in [0.717, 1.165) is 23.7 Å². The van der Waals surface area contributed by atoms with Gasteiger partial charge >= 0.3 is 37.9 Å². The first-order valence-electron chi connectivity index (χ1n) is 7.60. The number of halogens is 2. The van der Waals surface area contributed by atoms with Gasteiger partial charge in [0.25, 0.3) is 0 Å². The van der Waals surface area contributed by atoms with E-state index in [2.05, 4.69) is 4.99 Å². The van der Waals surface area contributed by atoms with Crippen molar-refractivity contribution < 1.29 is 26.0 Å². The molecule has 22 heavy (non-hydrogen) atoms. The van der Waals surface area contributed by atoms with Crippen LogP contribution in [0.25, 0.3) is 5.76 Å². The molecule has 1 aromatic rings. The van der Waals surface area contributed by atoms with Crippen LogP contribution in [-0.2, 0) is 20.8 Å². The molecular weight excluding hydrogens is 396 g/mol. The van der Waals surface area contributed by atoms with Crippen molar-refractivity contribution in [2.45, 2.75) is 39.0 Å². The summed E-state index contributed by atoms with van der Waals surface area (Å²) >= 11 is -0.826. The van der Waals surface area contributed by atoms with E-state index in [9.17, 15) is 5.11 Å². The van der Waals surface area contributed by atoms with E-state index in [0.29, 0.717) is 5.76 Å².